The van der Waals surface area contributed by atoms with Gasteiger partial charge in [-0.1, -0.05) is 19.9 Å². The Morgan fingerprint density at radius 1 is 1.14 bits per heavy atom. The molecule has 4 rings (SSSR count). The van der Waals surface area contributed by atoms with Crippen LogP contribution in [-0.4, -0.2) is 30.4 Å². The molecule has 0 spiro atoms. The highest BCUT2D eigenvalue weighted by atomic mass is 16.5. The van der Waals surface area contributed by atoms with Crippen LogP contribution in [-0.2, 0) is 4.74 Å². The van der Waals surface area contributed by atoms with Gasteiger partial charge in [-0.3, -0.25) is 0 Å². The van der Waals surface area contributed by atoms with Gasteiger partial charge >= 0.3 is 0 Å². The van der Waals surface area contributed by atoms with Crippen molar-refractivity contribution in [1.29, 1.82) is 0 Å². The first-order chi connectivity index (χ1) is 13.9. The lowest BCUT2D eigenvalue weighted by molar-refractivity contribution is 0.164. The van der Waals surface area contributed by atoms with Crippen molar-refractivity contribution in [1.82, 2.24) is 9.55 Å². The third kappa shape index (κ3) is 3.66. The highest BCUT2D eigenvalue weighted by Gasteiger charge is 2.30. The van der Waals surface area contributed by atoms with Crippen molar-refractivity contribution in [3.63, 3.8) is 0 Å². The summed E-state index contributed by atoms with van der Waals surface area (Å²) in [5.41, 5.74) is 8.28. The molecule has 4 heteroatoms. The van der Waals surface area contributed by atoms with E-state index in [9.17, 15) is 0 Å². The van der Waals surface area contributed by atoms with Gasteiger partial charge in [0.1, 0.15) is 5.75 Å². The van der Waals surface area contributed by atoms with Crippen molar-refractivity contribution in [2.45, 2.75) is 58.4 Å². The van der Waals surface area contributed by atoms with Crippen LogP contribution in [0.5, 0.6) is 5.75 Å². The number of hydrogen-bond acceptors (Lipinski definition) is 3. The Morgan fingerprint density at radius 2 is 1.90 bits per heavy atom. The van der Waals surface area contributed by atoms with E-state index in [0.717, 1.165) is 22.5 Å². The Hall–Kier alpha value is -2.33. The molecule has 0 N–H and O–H groups in total. The first-order valence-corrected chi connectivity index (χ1v) is 10.6. The van der Waals surface area contributed by atoms with E-state index >= 15 is 0 Å². The second kappa shape index (κ2) is 7.83. The summed E-state index contributed by atoms with van der Waals surface area (Å²) in [7, 11) is 3.51. The van der Waals surface area contributed by atoms with Crippen molar-refractivity contribution < 1.29 is 9.47 Å². The molecule has 1 atom stereocenters. The van der Waals surface area contributed by atoms with Gasteiger partial charge in [0.2, 0.25) is 0 Å². The van der Waals surface area contributed by atoms with E-state index in [1.54, 1.807) is 14.2 Å². The summed E-state index contributed by atoms with van der Waals surface area (Å²) in [6.07, 6.45) is 4.68. The van der Waals surface area contributed by atoms with Gasteiger partial charge in [0.15, 0.2) is 0 Å². The number of pyridine rings is 1. The molecule has 0 radical (unpaired) electrons. The molecular formula is C25H32N2O2. The van der Waals surface area contributed by atoms with E-state index in [4.69, 9.17) is 14.5 Å². The SMILES string of the molecule is COCC(C)n1cc(C)c2nc(-c3ccc(C(C)C)cc3OC)c(C3CC3)cc21. The second-order valence-corrected chi connectivity index (χ2v) is 8.71. The summed E-state index contributed by atoms with van der Waals surface area (Å²) in [5.74, 6) is 1.97. The zero-order chi connectivity index (χ0) is 20.7. The van der Waals surface area contributed by atoms with Crippen molar-refractivity contribution >= 4 is 11.0 Å². The summed E-state index contributed by atoms with van der Waals surface area (Å²) in [4.78, 5) is 5.21. The number of aryl methyl sites for hydroxylation is 1. The first-order valence-electron chi connectivity index (χ1n) is 10.6. The summed E-state index contributed by atoms with van der Waals surface area (Å²) in [6.45, 7) is 9.45. The van der Waals surface area contributed by atoms with Crippen LogP contribution in [0, 0.1) is 6.92 Å². The largest absolute Gasteiger partial charge is 0.496 e. The van der Waals surface area contributed by atoms with Gasteiger partial charge in [0, 0.05) is 18.9 Å². The average molecular weight is 393 g/mol. The number of methoxy groups -OCH3 is 2. The lowest BCUT2D eigenvalue weighted by atomic mass is 9.96. The quantitative estimate of drug-likeness (QED) is 0.478. The van der Waals surface area contributed by atoms with E-state index in [-0.39, 0.29) is 6.04 Å². The Balaban J connectivity index is 1.91. The number of fused-ring (bicyclic) bond motifs is 1. The van der Waals surface area contributed by atoms with E-state index in [1.807, 2.05) is 0 Å². The Kier molecular flexibility index (Phi) is 5.39. The van der Waals surface area contributed by atoms with E-state index in [1.165, 1.54) is 35.0 Å². The van der Waals surface area contributed by atoms with Crippen LogP contribution in [0.1, 0.15) is 68.2 Å². The molecule has 0 aliphatic heterocycles. The molecule has 1 fully saturated rings. The number of hydrogen-bond donors (Lipinski definition) is 0. The molecule has 1 aromatic carbocycles. The molecule has 1 saturated carbocycles. The predicted molar refractivity (Wildman–Crippen MR) is 119 cm³/mol. The van der Waals surface area contributed by atoms with E-state index in [2.05, 4.69) is 62.7 Å². The fourth-order valence-corrected chi connectivity index (χ4v) is 4.21. The molecule has 1 unspecified atom stereocenters. The normalized spacial score (nSPS) is 15.3. The maximum Gasteiger partial charge on any atom is 0.128 e. The van der Waals surface area contributed by atoms with Crippen molar-refractivity contribution in [2.75, 3.05) is 20.8 Å². The van der Waals surface area contributed by atoms with Crippen LogP contribution >= 0.6 is 0 Å². The van der Waals surface area contributed by atoms with Crippen LogP contribution in [0.25, 0.3) is 22.3 Å². The van der Waals surface area contributed by atoms with Gasteiger partial charge in [0.05, 0.1) is 36.5 Å². The lowest BCUT2D eigenvalue weighted by Gasteiger charge is -2.17. The summed E-state index contributed by atoms with van der Waals surface area (Å²) >= 11 is 0. The Labute approximate surface area is 173 Å². The van der Waals surface area contributed by atoms with Gasteiger partial charge in [-0.15, -0.1) is 0 Å². The fraction of sp³-hybridized carbons (Fsp3) is 0.480. The maximum atomic E-state index is 5.80. The second-order valence-electron chi connectivity index (χ2n) is 8.71. The predicted octanol–water partition coefficient (Wildman–Crippen LogP) is 6.23. The van der Waals surface area contributed by atoms with Gasteiger partial charge in [-0.05, 0) is 73.4 Å². The minimum absolute atomic E-state index is 0.274. The van der Waals surface area contributed by atoms with Crippen molar-refractivity contribution in [3.05, 3.63) is 47.2 Å². The Bertz CT molecular complexity index is 1030. The molecular weight excluding hydrogens is 360 g/mol. The van der Waals surface area contributed by atoms with Crippen LogP contribution < -0.4 is 4.74 Å². The highest BCUT2D eigenvalue weighted by Crippen LogP contribution is 2.47. The van der Waals surface area contributed by atoms with Gasteiger partial charge < -0.3 is 14.0 Å². The number of benzene rings is 1. The smallest absolute Gasteiger partial charge is 0.128 e. The van der Waals surface area contributed by atoms with Crippen molar-refractivity contribution in [2.24, 2.45) is 0 Å². The molecule has 0 amide bonds. The Morgan fingerprint density at radius 3 is 2.52 bits per heavy atom. The lowest BCUT2D eigenvalue weighted by Crippen LogP contribution is -2.10. The number of rotatable bonds is 7. The number of aromatic nitrogens is 2. The van der Waals surface area contributed by atoms with Crippen LogP contribution in [0.4, 0.5) is 0 Å². The first kappa shape index (κ1) is 20.0. The van der Waals surface area contributed by atoms with Crippen LogP contribution in [0.15, 0.2) is 30.5 Å². The molecule has 154 valence electrons. The van der Waals surface area contributed by atoms with E-state index < -0.39 is 0 Å². The third-order valence-electron chi connectivity index (χ3n) is 6.06. The van der Waals surface area contributed by atoms with Crippen LogP contribution in [0.3, 0.4) is 0 Å². The van der Waals surface area contributed by atoms with Gasteiger partial charge in [-0.25, -0.2) is 4.98 Å². The minimum Gasteiger partial charge on any atom is -0.496 e. The van der Waals surface area contributed by atoms with Gasteiger partial charge in [0.25, 0.3) is 0 Å². The molecule has 0 bridgehead atoms. The number of nitrogens with zero attached hydrogens (tertiary/aromatic N) is 2. The zero-order valence-corrected chi connectivity index (χ0v) is 18.5. The topological polar surface area (TPSA) is 36.3 Å². The van der Waals surface area contributed by atoms with Gasteiger partial charge in [-0.2, -0.15) is 0 Å². The van der Waals surface area contributed by atoms with Crippen molar-refractivity contribution in [3.8, 4) is 17.0 Å². The molecule has 2 heterocycles. The standard InChI is InChI=1S/C25H32N2O2/c1-15(2)19-9-10-20(23(11-19)29-6)25-21(18-7-8-18)12-22-24(26-25)16(3)13-27(22)17(4)14-28-5/h9-13,15,17-18H,7-8,14H2,1-6H3. The van der Waals surface area contributed by atoms with E-state index in [0.29, 0.717) is 18.4 Å². The molecule has 0 saturated heterocycles. The average Bonchev–Trinajstić information content (AvgIpc) is 3.51. The maximum absolute atomic E-state index is 5.80. The third-order valence-corrected chi connectivity index (χ3v) is 6.06. The molecule has 29 heavy (non-hydrogen) atoms. The number of ether oxygens (including phenoxy) is 2. The minimum atomic E-state index is 0.274. The molecule has 3 aromatic rings. The molecule has 1 aliphatic carbocycles. The fourth-order valence-electron chi connectivity index (χ4n) is 4.21. The summed E-state index contributed by atoms with van der Waals surface area (Å²) in [5, 5.41) is 0. The molecule has 4 nitrogen and oxygen atoms in total. The van der Waals surface area contributed by atoms with Crippen LogP contribution in [0.2, 0.25) is 0 Å². The monoisotopic (exact) mass is 392 g/mol. The molecule has 1 aliphatic rings. The molecule has 2 aromatic heterocycles. The summed E-state index contributed by atoms with van der Waals surface area (Å²) in [6, 6.07) is 9.21. The zero-order valence-electron chi connectivity index (χ0n) is 18.5. The highest BCUT2D eigenvalue weighted by molar-refractivity contribution is 5.86. The summed E-state index contributed by atoms with van der Waals surface area (Å²) < 4.78 is 13.5.